The average molecular weight is 207 g/mol. The van der Waals surface area contributed by atoms with E-state index in [2.05, 4.69) is 10.4 Å². The molecular weight excluding hydrogens is 194 g/mol. The molecule has 0 amide bonds. The molecule has 0 radical (unpaired) electrons. The molecule has 1 aliphatic rings. The maximum Gasteiger partial charge on any atom is 0.208 e. The van der Waals surface area contributed by atoms with Gasteiger partial charge in [-0.05, 0) is 48.9 Å². The lowest BCUT2D eigenvalue weighted by molar-refractivity contribution is 0.102. The number of hydrogen-bond acceptors (Lipinski definition) is 3. The molecule has 0 N–H and O–H groups in total. The van der Waals surface area contributed by atoms with Crippen LogP contribution in [-0.4, -0.2) is 10.2 Å². The smallest absolute Gasteiger partial charge is 0.208 e. The van der Waals surface area contributed by atoms with Crippen molar-refractivity contribution in [2.75, 3.05) is 0 Å². The maximum absolute atomic E-state index is 11.9. The molecule has 1 heterocycles. The number of carbonyl (C=O) groups is 1. The second-order valence-electron chi connectivity index (χ2n) is 3.54. The molecule has 0 bridgehead atoms. The molecule has 2 nitrogen and oxygen atoms in total. The van der Waals surface area contributed by atoms with Gasteiger partial charge in [-0.2, -0.15) is 4.37 Å². The Morgan fingerprint density at radius 2 is 2.29 bits per heavy atom. The number of carbonyl (C=O) groups excluding carboxylic acids is 1. The van der Waals surface area contributed by atoms with E-state index >= 15 is 0 Å². The molecule has 14 heavy (non-hydrogen) atoms. The van der Waals surface area contributed by atoms with Crippen LogP contribution in [0.1, 0.15) is 42.6 Å². The number of nitrogens with zero attached hydrogens (tertiary/aromatic N) is 1. The Bertz CT molecular complexity index is 340. The SMILES string of the molecule is O=C(C1=CCCCCC1)c1ccsn1. The minimum Gasteiger partial charge on any atom is -0.287 e. The number of ketones is 1. The first-order valence-corrected chi connectivity index (χ1v) is 5.86. The van der Waals surface area contributed by atoms with Crippen LogP contribution in [0.5, 0.6) is 0 Å². The van der Waals surface area contributed by atoms with Gasteiger partial charge < -0.3 is 0 Å². The summed E-state index contributed by atoms with van der Waals surface area (Å²) in [7, 11) is 0. The molecule has 0 spiro atoms. The third kappa shape index (κ3) is 2.10. The molecule has 0 fully saturated rings. The summed E-state index contributed by atoms with van der Waals surface area (Å²) in [4.78, 5) is 11.9. The van der Waals surface area contributed by atoms with E-state index in [1.807, 2.05) is 5.38 Å². The highest BCUT2D eigenvalue weighted by atomic mass is 32.1. The molecule has 0 aromatic carbocycles. The van der Waals surface area contributed by atoms with E-state index in [4.69, 9.17) is 0 Å². The predicted molar refractivity (Wildman–Crippen MR) is 57.6 cm³/mol. The number of hydrogen-bond donors (Lipinski definition) is 0. The van der Waals surface area contributed by atoms with Gasteiger partial charge in [-0.1, -0.05) is 12.5 Å². The van der Waals surface area contributed by atoms with Crippen LogP contribution in [0.3, 0.4) is 0 Å². The van der Waals surface area contributed by atoms with Crippen LogP contribution in [0.4, 0.5) is 0 Å². The van der Waals surface area contributed by atoms with Crippen LogP contribution in [0.25, 0.3) is 0 Å². The standard InChI is InChI=1S/C11H13NOS/c13-11(10-7-8-14-12-10)9-5-3-1-2-4-6-9/h5,7-8H,1-4,6H2. The monoisotopic (exact) mass is 207 g/mol. The van der Waals surface area contributed by atoms with Gasteiger partial charge >= 0.3 is 0 Å². The van der Waals surface area contributed by atoms with Crippen LogP contribution in [0.2, 0.25) is 0 Å². The van der Waals surface area contributed by atoms with E-state index in [-0.39, 0.29) is 5.78 Å². The predicted octanol–water partition coefficient (Wildman–Crippen LogP) is 3.22. The largest absolute Gasteiger partial charge is 0.287 e. The summed E-state index contributed by atoms with van der Waals surface area (Å²) in [6.45, 7) is 0. The summed E-state index contributed by atoms with van der Waals surface area (Å²) < 4.78 is 4.07. The summed E-state index contributed by atoms with van der Waals surface area (Å²) >= 11 is 1.34. The van der Waals surface area contributed by atoms with E-state index in [1.165, 1.54) is 24.4 Å². The fourth-order valence-electron chi connectivity index (χ4n) is 1.72. The van der Waals surface area contributed by atoms with E-state index < -0.39 is 0 Å². The number of Topliss-reactive ketones (excluding diaryl/α,β-unsaturated/α-hetero) is 1. The van der Waals surface area contributed by atoms with Crippen molar-refractivity contribution in [3.05, 3.63) is 28.8 Å². The van der Waals surface area contributed by atoms with Crippen molar-refractivity contribution in [2.45, 2.75) is 32.1 Å². The second-order valence-corrected chi connectivity index (χ2v) is 4.21. The van der Waals surface area contributed by atoms with Crippen molar-refractivity contribution >= 4 is 17.3 Å². The molecule has 0 atom stereocenters. The zero-order valence-corrected chi connectivity index (χ0v) is 8.85. The summed E-state index contributed by atoms with van der Waals surface area (Å²) in [6, 6.07) is 1.80. The molecule has 3 heteroatoms. The number of allylic oxidation sites excluding steroid dienone is 2. The lowest BCUT2D eigenvalue weighted by Crippen LogP contribution is -2.03. The lowest BCUT2D eigenvalue weighted by atomic mass is 10.0. The molecular formula is C11H13NOS. The third-order valence-corrected chi connectivity index (χ3v) is 3.06. The molecule has 0 saturated heterocycles. The van der Waals surface area contributed by atoms with Gasteiger partial charge in [0.1, 0.15) is 5.69 Å². The second kappa shape index (κ2) is 4.51. The molecule has 0 saturated carbocycles. The van der Waals surface area contributed by atoms with E-state index in [0.717, 1.165) is 24.8 Å². The van der Waals surface area contributed by atoms with E-state index in [1.54, 1.807) is 6.07 Å². The van der Waals surface area contributed by atoms with Gasteiger partial charge in [-0.25, -0.2) is 0 Å². The van der Waals surface area contributed by atoms with Crippen molar-refractivity contribution in [1.82, 2.24) is 4.37 Å². The summed E-state index contributed by atoms with van der Waals surface area (Å²) in [5.74, 6) is 0.133. The Kier molecular flexibility index (Phi) is 3.09. The summed E-state index contributed by atoms with van der Waals surface area (Å²) in [5, 5.41) is 1.85. The van der Waals surface area contributed by atoms with Crippen LogP contribution < -0.4 is 0 Å². The van der Waals surface area contributed by atoms with E-state index in [9.17, 15) is 4.79 Å². The highest BCUT2D eigenvalue weighted by Gasteiger charge is 2.14. The quantitative estimate of drug-likeness (QED) is 0.697. The van der Waals surface area contributed by atoms with Crippen LogP contribution in [0.15, 0.2) is 23.1 Å². The zero-order valence-electron chi connectivity index (χ0n) is 8.03. The van der Waals surface area contributed by atoms with Crippen molar-refractivity contribution in [2.24, 2.45) is 0 Å². The zero-order chi connectivity index (χ0) is 9.80. The molecule has 0 unspecified atom stereocenters. The summed E-state index contributed by atoms with van der Waals surface area (Å²) in [6.07, 6.45) is 7.66. The van der Waals surface area contributed by atoms with Gasteiger partial charge in [0.2, 0.25) is 5.78 Å². The van der Waals surface area contributed by atoms with Gasteiger partial charge in [0, 0.05) is 5.38 Å². The molecule has 74 valence electrons. The Labute approximate surface area is 87.8 Å². The topological polar surface area (TPSA) is 30.0 Å². The van der Waals surface area contributed by atoms with Crippen molar-refractivity contribution < 1.29 is 4.79 Å². The first-order chi connectivity index (χ1) is 6.88. The van der Waals surface area contributed by atoms with Gasteiger partial charge in [0.05, 0.1) is 0 Å². The van der Waals surface area contributed by atoms with Crippen LogP contribution in [0, 0.1) is 0 Å². The van der Waals surface area contributed by atoms with Gasteiger partial charge in [-0.15, -0.1) is 0 Å². The van der Waals surface area contributed by atoms with Gasteiger partial charge in [0.25, 0.3) is 0 Å². The average Bonchev–Trinajstić information content (AvgIpc) is 2.59. The van der Waals surface area contributed by atoms with Gasteiger partial charge in [0.15, 0.2) is 0 Å². The van der Waals surface area contributed by atoms with Crippen molar-refractivity contribution in [3.8, 4) is 0 Å². The first-order valence-electron chi connectivity index (χ1n) is 5.02. The highest BCUT2D eigenvalue weighted by molar-refractivity contribution is 7.03. The number of aromatic nitrogens is 1. The molecule has 2 rings (SSSR count). The van der Waals surface area contributed by atoms with Crippen molar-refractivity contribution in [3.63, 3.8) is 0 Å². The maximum atomic E-state index is 11.9. The van der Waals surface area contributed by atoms with Crippen LogP contribution >= 0.6 is 11.5 Å². The Balaban J connectivity index is 2.14. The molecule has 1 aliphatic carbocycles. The number of rotatable bonds is 2. The highest BCUT2D eigenvalue weighted by Crippen LogP contribution is 2.20. The normalized spacial score (nSPS) is 17.3. The third-order valence-electron chi connectivity index (χ3n) is 2.50. The summed E-state index contributed by atoms with van der Waals surface area (Å²) in [5.41, 5.74) is 1.58. The Morgan fingerprint density at radius 3 is 3.07 bits per heavy atom. The lowest BCUT2D eigenvalue weighted by Gasteiger charge is -2.00. The minimum absolute atomic E-state index is 0.133. The fourth-order valence-corrected chi connectivity index (χ4v) is 2.22. The molecule has 0 aliphatic heterocycles. The fraction of sp³-hybridized carbons (Fsp3) is 0.455. The molecule has 1 aromatic rings. The Morgan fingerprint density at radius 1 is 1.36 bits per heavy atom. The van der Waals surface area contributed by atoms with Crippen molar-refractivity contribution in [1.29, 1.82) is 0 Å². The minimum atomic E-state index is 0.133. The first kappa shape index (κ1) is 9.59. The van der Waals surface area contributed by atoms with Crippen LogP contribution in [-0.2, 0) is 0 Å². The Hall–Kier alpha value is -0.960. The van der Waals surface area contributed by atoms with Gasteiger partial charge in [-0.3, -0.25) is 4.79 Å². The van der Waals surface area contributed by atoms with E-state index in [0.29, 0.717) is 5.69 Å². The molecule has 1 aromatic heterocycles.